The van der Waals surface area contributed by atoms with Crippen LogP contribution in [0.15, 0.2) is 6.58 Å². The molecule has 0 N–H and O–H groups in total. The van der Waals surface area contributed by atoms with Crippen molar-refractivity contribution >= 4 is 5.78 Å². The van der Waals surface area contributed by atoms with Crippen molar-refractivity contribution in [2.45, 2.75) is 6.42 Å². The molecule has 0 fully saturated rings. The SMILES string of the molecule is C=[C-]CC([CH2-])=O.[Y]. The van der Waals surface area contributed by atoms with E-state index in [9.17, 15) is 4.79 Å². The Hall–Kier alpha value is 0.384. The summed E-state index contributed by atoms with van der Waals surface area (Å²) in [5.74, 6) is -0.134. The predicted octanol–water partition coefficient (Wildman–Crippen LogP) is 0.766. The Morgan fingerprint density at radius 1 is 1.86 bits per heavy atom. The van der Waals surface area contributed by atoms with Crippen molar-refractivity contribution in [2.75, 3.05) is 0 Å². The summed E-state index contributed by atoms with van der Waals surface area (Å²) in [6.45, 7) is 6.30. The van der Waals surface area contributed by atoms with Crippen LogP contribution in [0.5, 0.6) is 0 Å². The monoisotopic (exact) mass is 171 g/mol. The van der Waals surface area contributed by atoms with Crippen LogP contribution >= 0.6 is 0 Å². The molecule has 2 heteroatoms. The molecule has 1 radical (unpaired) electrons. The Kier molecular flexibility index (Phi) is 9.47. The first kappa shape index (κ1) is 10.4. The van der Waals surface area contributed by atoms with E-state index in [1.54, 1.807) is 0 Å². The summed E-state index contributed by atoms with van der Waals surface area (Å²) in [5.41, 5.74) is 0. The van der Waals surface area contributed by atoms with Crippen molar-refractivity contribution < 1.29 is 37.5 Å². The van der Waals surface area contributed by atoms with E-state index in [2.05, 4.69) is 19.6 Å². The second-order valence-electron chi connectivity index (χ2n) is 0.965. The first-order chi connectivity index (χ1) is 2.77. The Bertz CT molecular complexity index is 68.5. The van der Waals surface area contributed by atoms with Crippen molar-refractivity contribution in [2.24, 2.45) is 0 Å². The average molecular weight is 171 g/mol. The smallest absolute Gasteiger partial charge is 0 e. The van der Waals surface area contributed by atoms with E-state index in [1.807, 2.05) is 0 Å². The molecule has 0 aromatic heterocycles. The van der Waals surface area contributed by atoms with Gasteiger partial charge in [-0.1, -0.05) is 0 Å². The molecule has 0 rings (SSSR count). The molecule has 0 atom stereocenters. The molecule has 7 heavy (non-hydrogen) atoms. The van der Waals surface area contributed by atoms with Gasteiger partial charge in [0, 0.05) is 32.7 Å². The third kappa shape index (κ3) is 10.7. The molecule has 0 saturated carbocycles. The van der Waals surface area contributed by atoms with Crippen LogP contribution in [0.4, 0.5) is 0 Å². The average Bonchev–Trinajstić information content (AvgIpc) is 1.35. The third-order valence-electron chi connectivity index (χ3n) is 0.322. The molecule has 0 unspecified atom stereocenters. The zero-order valence-corrected chi connectivity index (χ0v) is 6.95. The molecule has 0 aromatic carbocycles. The van der Waals surface area contributed by atoms with Crippen LogP contribution in [-0.2, 0) is 37.5 Å². The Balaban J connectivity index is 0. The van der Waals surface area contributed by atoms with Gasteiger partial charge in [0.1, 0.15) is 0 Å². The maximum atomic E-state index is 9.83. The van der Waals surface area contributed by atoms with Crippen LogP contribution in [-0.4, -0.2) is 5.78 Å². The van der Waals surface area contributed by atoms with Crippen LogP contribution in [0.2, 0.25) is 0 Å². The van der Waals surface area contributed by atoms with Gasteiger partial charge in [-0.3, -0.25) is 6.58 Å². The van der Waals surface area contributed by atoms with E-state index >= 15 is 0 Å². The number of hydrogen-bond acceptors (Lipinski definition) is 1. The normalized spacial score (nSPS) is 6.29. The number of ketones is 1. The van der Waals surface area contributed by atoms with Crippen molar-refractivity contribution in [3.05, 3.63) is 19.6 Å². The van der Waals surface area contributed by atoms with Crippen LogP contribution in [0.25, 0.3) is 0 Å². The van der Waals surface area contributed by atoms with Crippen LogP contribution < -0.4 is 0 Å². The zero-order valence-electron chi connectivity index (χ0n) is 4.11. The molecule has 0 aromatic rings. The standard InChI is InChI=1S/C5H6O.Y/c1-3-4-5(2)6;/h1-2,4H2;/q-2;. The molecule has 0 aliphatic heterocycles. The summed E-state index contributed by atoms with van der Waals surface area (Å²) in [6.07, 6.45) is 2.67. The molecule has 0 spiro atoms. The number of hydrogen-bond donors (Lipinski definition) is 0. The molecule has 0 aliphatic carbocycles. The van der Waals surface area contributed by atoms with Gasteiger partial charge in [-0.05, 0) is 5.78 Å². The van der Waals surface area contributed by atoms with Gasteiger partial charge in [0.15, 0.2) is 0 Å². The van der Waals surface area contributed by atoms with Crippen molar-refractivity contribution in [1.82, 2.24) is 0 Å². The first-order valence-electron chi connectivity index (χ1n) is 1.62. The Morgan fingerprint density at radius 3 is 2.29 bits per heavy atom. The van der Waals surface area contributed by atoms with Gasteiger partial charge in [0.05, 0.1) is 0 Å². The minimum absolute atomic E-state index is 0. The second-order valence-corrected chi connectivity index (χ2v) is 0.965. The molecular weight excluding hydrogens is 165 g/mol. The quantitative estimate of drug-likeness (QED) is 0.560. The molecule has 0 saturated heterocycles. The number of rotatable bonds is 2. The zero-order chi connectivity index (χ0) is 4.99. The summed E-state index contributed by atoms with van der Waals surface area (Å²) in [5, 5.41) is 0. The van der Waals surface area contributed by atoms with Crippen molar-refractivity contribution in [1.29, 1.82) is 0 Å². The molecule has 0 heterocycles. The molecule has 0 bridgehead atoms. The summed E-state index contributed by atoms with van der Waals surface area (Å²) in [6, 6.07) is 0. The van der Waals surface area contributed by atoms with Gasteiger partial charge >= 0.3 is 0 Å². The van der Waals surface area contributed by atoms with Crippen LogP contribution in [0.1, 0.15) is 6.42 Å². The largest absolute Gasteiger partial charge is 0.499 e. The second kappa shape index (κ2) is 6.38. The third-order valence-corrected chi connectivity index (χ3v) is 0.322. The number of allylic oxidation sites excluding steroid dienone is 1. The fourth-order valence-corrected chi connectivity index (χ4v) is 0.139. The van der Waals surface area contributed by atoms with Gasteiger partial charge in [-0.25, -0.2) is 0 Å². The first-order valence-corrected chi connectivity index (χ1v) is 1.62. The maximum absolute atomic E-state index is 9.83. The van der Waals surface area contributed by atoms with E-state index in [4.69, 9.17) is 0 Å². The van der Waals surface area contributed by atoms with E-state index in [0.717, 1.165) is 0 Å². The molecule has 0 amide bonds. The summed E-state index contributed by atoms with van der Waals surface area (Å²) >= 11 is 0. The van der Waals surface area contributed by atoms with Crippen LogP contribution in [0, 0.1) is 13.0 Å². The fraction of sp³-hybridized carbons (Fsp3) is 0.200. The van der Waals surface area contributed by atoms with Crippen molar-refractivity contribution in [3.63, 3.8) is 0 Å². The van der Waals surface area contributed by atoms with Gasteiger partial charge < -0.3 is 17.8 Å². The Morgan fingerprint density at radius 2 is 2.29 bits per heavy atom. The summed E-state index contributed by atoms with van der Waals surface area (Å²) in [4.78, 5) is 9.83. The fourth-order valence-electron chi connectivity index (χ4n) is 0.139. The maximum Gasteiger partial charge on any atom is 0 e. The predicted molar refractivity (Wildman–Crippen MR) is 23.9 cm³/mol. The number of Topliss-reactive ketones (excluding diaryl/α,β-unsaturated/α-hetero) is 1. The van der Waals surface area contributed by atoms with E-state index in [-0.39, 0.29) is 44.9 Å². The molecule has 0 aliphatic rings. The summed E-state index contributed by atoms with van der Waals surface area (Å²) < 4.78 is 0. The van der Waals surface area contributed by atoms with Crippen LogP contribution in [0.3, 0.4) is 0 Å². The molecule has 37 valence electrons. The summed E-state index contributed by atoms with van der Waals surface area (Å²) in [7, 11) is 0. The molecular formula is C5H6OY-2. The minimum Gasteiger partial charge on any atom is -0.499 e. The van der Waals surface area contributed by atoms with Gasteiger partial charge in [0.25, 0.3) is 0 Å². The number of carbonyl (C=O) groups excluding carboxylic acids is 1. The molecule has 1 nitrogen and oxygen atoms in total. The van der Waals surface area contributed by atoms with Gasteiger partial charge in [0.2, 0.25) is 0 Å². The van der Waals surface area contributed by atoms with E-state index in [0.29, 0.717) is 0 Å². The van der Waals surface area contributed by atoms with Gasteiger partial charge in [-0.15, -0.1) is 0 Å². The van der Waals surface area contributed by atoms with E-state index in [1.165, 1.54) is 0 Å². The number of carbonyl (C=O) groups is 1. The Labute approximate surface area is 69.1 Å². The van der Waals surface area contributed by atoms with Crippen molar-refractivity contribution in [3.8, 4) is 0 Å². The minimum atomic E-state index is -0.134. The topological polar surface area (TPSA) is 17.1 Å². The van der Waals surface area contributed by atoms with E-state index < -0.39 is 0 Å². The van der Waals surface area contributed by atoms with Gasteiger partial charge in [-0.2, -0.15) is 6.42 Å².